The summed E-state index contributed by atoms with van der Waals surface area (Å²) in [6.07, 6.45) is 0. The molecule has 0 spiro atoms. The van der Waals surface area contributed by atoms with Gasteiger partial charge in [0.25, 0.3) is 0 Å². The Labute approximate surface area is 331 Å². The van der Waals surface area contributed by atoms with E-state index in [1.807, 2.05) is 18.2 Å². The van der Waals surface area contributed by atoms with Crippen LogP contribution in [0.3, 0.4) is 0 Å². The highest BCUT2D eigenvalue weighted by molar-refractivity contribution is 7.25. The van der Waals surface area contributed by atoms with E-state index in [9.17, 15) is 0 Å². The molecule has 0 saturated heterocycles. The molecule has 12 rings (SSSR count). The van der Waals surface area contributed by atoms with Gasteiger partial charge < -0.3 is 4.57 Å². The monoisotopic (exact) mass is 745 g/mol. The molecule has 8 aromatic carbocycles. The molecule has 0 saturated carbocycles. The van der Waals surface area contributed by atoms with Crippen LogP contribution < -0.4 is 0 Å². The third-order valence-corrected chi connectivity index (χ3v) is 12.3. The average Bonchev–Trinajstić information content (AvgIpc) is 3.93. The fourth-order valence-corrected chi connectivity index (χ4v) is 9.68. The van der Waals surface area contributed by atoms with Crippen LogP contribution in [0.5, 0.6) is 0 Å². The first-order valence-electron chi connectivity index (χ1n) is 19.1. The molecule has 266 valence electrons. The Morgan fingerprint density at radius 1 is 0.316 bits per heavy atom. The molecule has 0 atom stereocenters. The third kappa shape index (κ3) is 5.04. The van der Waals surface area contributed by atoms with Gasteiger partial charge in [0, 0.05) is 58.5 Å². The molecular formula is C51H31N5S. The maximum atomic E-state index is 5.30. The third-order valence-electron chi connectivity index (χ3n) is 11.2. The van der Waals surface area contributed by atoms with Crippen molar-refractivity contribution < 1.29 is 0 Å². The van der Waals surface area contributed by atoms with Gasteiger partial charge in [-0.25, -0.2) is 4.98 Å². The molecular weight excluding hydrogens is 715 g/mol. The Morgan fingerprint density at radius 2 is 0.825 bits per heavy atom. The molecule has 0 aliphatic heterocycles. The minimum atomic E-state index is 0.584. The Balaban J connectivity index is 1.10. The molecule has 6 heteroatoms. The standard InChI is InChI=1S/C51H31N5S/c1-3-13-32(14-4-1)33-23-26-36(27-24-33)55-43-20-10-7-17-37(43)41-31-46-42(30-45(41)55)38-18-8-11-21-44(38)56(46)51-53-49(34-15-5-2-6-16-34)52-50(54-51)35-25-28-40-39-19-9-12-22-47(39)57-48(40)29-35/h1-31H. The van der Waals surface area contributed by atoms with Crippen molar-refractivity contribution >= 4 is 75.1 Å². The summed E-state index contributed by atoms with van der Waals surface area (Å²) in [5.74, 6) is 1.86. The number of fused-ring (bicyclic) bond motifs is 9. The molecule has 5 nitrogen and oxygen atoms in total. The first-order chi connectivity index (χ1) is 28.2. The average molecular weight is 746 g/mol. The van der Waals surface area contributed by atoms with Crippen LogP contribution in [0.4, 0.5) is 0 Å². The zero-order valence-electron chi connectivity index (χ0n) is 30.5. The van der Waals surface area contributed by atoms with Gasteiger partial charge in [-0.1, -0.05) is 140 Å². The molecule has 4 heterocycles. The normalized spacial score (nSPS) is 11.9. The smallest absolute Gasteiger partial charge is 0.238 e. The topological polar surface area (TPSA) is 48.5 Å². The minimum Gasteiger partial charge on any atom is -0.309 e. The Bertz CT molecular complexity index is 3510. The minimum absolute atomic E-state index is 0.584. The van der Waals surface area contributed by atoms with Gasteiger partial charge in [-0.3, -0.25) is 4.57 Å². The van der Waals surface area contributed by atoms with E-state index in [0.717, 1.165) is 49.7 Å². The fraction of sp³-hybridized carbons (Fsp3) is 0. The van der Waals surface area contributed by atoms with Gasteiger partial charge in [-0.2, -0.15) is 9.97 Å². The summed E-state index contributed by atoms with van der Waals surface area (Å²) >= 11 is 1.80. The van der Waals surface area contributed by atoms with Crippen LogP contribution in [0.15, 0.2) is 188 Å². The van der Waals surface area contributed by atoms with E-state index >= 15 is 0 Å². The largest absolute Gasteiger partial charge is 0.309 e. The van der Waals surface area contributed by atoms with Gasteiger partial charge in [-0.15, -0.1) is 11.3 Å². The van der Waals surface area contributed by atoms with E-state index in [0.29, 0.717) is 17.6 Å². The van der Waals surface area contributed by atoms with Crippen molar-refractivity contribution in [3.05, 3.63) is 188 Å². The number of rotatable bonds is 5. The number of para-hydroxylation sites is 2. The van der Waals surface area contributed by atoms with Crippen LogP contribution in [-0.4, -0.2) is 24.1 Å². The predicted molar refractivity (Wildman–Crippen MR) is 238 cm³/mol. The van der Waals surface area contributed by atoms with Gasteiger partial charge in [0.15, 0.2) is 11.6 Å². The molecule has 0 aliphatic carbocycles. The van der Waals surface area contributed by atoms with Gasteiger partial charge in [-0.05, 0) is 59.7 Å². The molecule has 0 bridgehead atoms. The van der Waals surface area contributed by atoms with Crippen molar-refractivity contribution in [1.82, 2.24) is 24.1 Å². The van der Waals surface area contributed by atoms with Crippen molar-refractivity contribution in [3.8, 4) is 45.5 Å². The van der Waals surface area contributed by atoms with Crippen molar-refractivity contribution in [1.29, 1.82) is 0 Å². The van der Waals surface area contributed by atoms with Gasteiger partial charge >= 0.3 is 0 Å². The Hall–Kier alpha value is -7.41. The summed E-state index contributed by atoms with van der Waals surface area (Å²) < 4.78 is 7.10. The molecule has 0 aliphatic rings. The van der Waals surface area contributed by atoms with Gasteiger partial charge in [0.1, 0.15) is 0 Å². The van der Waals surface area contributed by atoms with Crippen molar-refractivity contribution in [2.45, 2.75) is 0 Å². The lowest BCUT2D eigenvalue weighted by molar-refractivity contribution is 0.954. The zero-order chi connectivity index (χ0) is 37.5. The summed E-state index contributed by atoms with van der Waals surface area (Å²) in [6, 6.07) is 66.8. The number of nitrogens with zero attached hydrogens (tertiary/aromatic N) is 5. The van der Waals surface area contributed by atoms with Gasteiger partial charge in [0.2, 0.25) is 5.95 Å². The van der Waals surface area contributed by atoms with Crippen molar-refractivity contribution in [2.24, 2.45) is 0 Å². The van der Waals surface area contributed by atoms with E-state index in [2.05, 4.69) is 179 Å². The Morgan fingerprint density at radius 3 is 1.53 bits per heavy atom. The van der Waals surface area contributed by atoms with Crippen LogP contribution in [0.1, 0.15) is 0 Å². The van der Waals surface area contributed by atoms with E-state index in [1.165, 1.54) is 42.1 Å². The Kier molecular flexibility index (Phi) is 7.03. The molecule has 0 radical (unpaired) electrons. The van der Waals surface area contributed by atoms with Crippen molar-refractivity contribution in [2.75, 3.05) is 0 Å². The number of benzene rings is 8. The van der Waals surface area contributed by atoms with Crippen molar-refractivity contribution in [3.63, 3.8) is 0 Å². The fourth-order valence-electron chi connectivity index (χ4n) is 8.53. The maximum Gasteiger partial charge on any atom is 0.238 e. The van der Waals surface area contributed by atoms with E-state index in [4.69, 9.17) is 15.0 Å². The molecule has 0 N–H and O–H groups in total. The number of aromatic nitrogens is 5. The zero-order valence-corrected chi connectivity index (χ0v) is 31.4. The first-order valence-corrected chi connectivity index (χ1v) is 19.9. The highest BCUT2D eigenvalue weighted by atomic mass is 32.1. The van der Waals surface area contributed by atoms with E-state index < -0.39 is 0 Å². The van der Waals surface area contributed by atoms with Crippen LogP contribution >= 0.6 is 11.3 Å². The van der Waals surface area contributed by atoms with Crippen LogP contribution in [0.2, 0.25) is 0 Å². The molecule has 0 fully saturated rings. The second kappa shape index (κ2) is 12.6. The summed E-state index contributed by atoms with van der Waals surface area (Å²) in [4.78, 5) is 15.7. The highest BCUT2D eigenvalue weighted by Crippen LogP contribution is 2.40. The molecule has 4 aromatic heterocycles. The summed E-state index contributed by atoms with van der Waals surface area (Å²) in [5.41, 5.74) is 9.81. The molecule has 12 aromatic rings. The van der Waals surface area contributed by atoms with E-state index in [1.54, 1.807) is 11.3 Å². The highest BCUT2D eigenvalue weighted by Gasteiger charge is 2.21. The number of thiophene rings is 1. The summed E-state index contributed by atoms with van der Waals surface area (Å²) in [7, 11) is 0. The van der Waals surface area contributed by atoms with Crippen LogP contribution in [-0.2, 0) is 0 Å². The SMILES string of the molecule is c1ccc(-c2ccc(-n3c4ccccc4c4cc5c(cc43)c3ccccc3n5-c3nc(-c4ccccc4)nc(-c4ccc5c(c4)sc4ccccc45)n3)cc2)cc1. The number of hydrogen-bond donors (Lipinski definition) is 0. The van der Waals surface area contributed by atoms with Crippen LogP contribution in [0, 0.1) is 0 Å². The molecule has 57 heavy (non-hydrogen) atoms. The van der Waals surface area contributed by atoms with E-state index in [-0.39, 0.29) is 0 Å². The van der Waals surface area contributed by atoms with Crippen LogP contribution in [0.25, 0.3) is 109 Å². The second-order valence-electron chi connectivity index (χ2n) is 14.5. The lowest BCUT2D eigenvalue weighted by Crippen LogP contribution is -2.06. The first kappa shape index (κ1) is 31.9. The summed E-state index contributed by atoms with van der Waals surface area (Å²) in [6.45, 7) is 0. The van der Waals surface area contributed by atoms with Gasteiger partial charge in [0.05, 0.1) is 22.1 Å². The maximum absolute atomic E-state index is 5.30. The second-order valence-corrected chi connectivity index (χ2v) is 15.5. The predicted octanol–water partition coefficient (Wildman–Crippen LogP) is 13.4. The quantitative estimate of drug-likeness (QED) is 0.176. The molecule has 0 unspecified atom stereocenters. The number of hydrogen-bond acceptors (Lipinski definition) is 4. The summed E-state index contributed by atoms with van der Waals surface area (Å²) in [5, 5.41) is 7.15. The lowest BCUT2D eigenvalue weighted by atomic mass is 10.1. The lowest BCUT2D eigenvalue weighted by Gasteiger charge is -2.11. The molecule has 0 amide bonds.